The van der Waals surface area contributed by atoms with Gasteiger partial charge in [0.2, 0.25) is 0 Å². The lowest BCUT2D eigenvalue weighted by Crippen LogP contribution is -2.45. The van der Waals surface area contributed by atoms with Gasteiger partial charge in [0, 0.05) is 74.1 Å². The molecule has 0 radical (unpaired) electrons. The van der Waals surface area contributed by atoms with Gasteiger partial charge in [-0.3, -0.25) is 4.79 Å². The molecule has 9 nitrogen and oxygen atoms in total. The van der Waals surface area contributed by atoms with Crippen molar-refractivity contribution in [2.75, 3.05) is 26.2 Å². The predicted molar refractivity (Wildman–Crippen MR) is 174 cm³/mol. The molecular formula is C36H44F2N4O5. The van der Waals surface area contributed by atoms with Crippen molar-refractivity contribution in [2.45, 2.75) is 95.9 Å². The van der Waals surface area contributed by atoms with E-state index < -0.39 is 28.7 Å². The number of aldehydes is 1. The molecule has 0 atom stereocenters. The molecule has 0 unspecified atom stereocenters. The second kappa shape index (κ2) is 14.9. The van der Waals surface area contributed by atoms with Crippen LogP contribution in [0, 0.1) is 13.1 Å². The number of halogens is 2. The van der Waals surface area contributed by atoms with E-state index in [2.05, 4.69) is 9.69 Å². The maximum absolute atomic E-state index is 12.7. The van der Waals surface area contributed by atoms with Crippen LogP contribution in [-0.4, -0.2) is 65.7 Å². The van der Waals surface area contributed by atoms with Crippen LogP contribution in [0.25, 0.3) is 9.69 Å². The van der Waals surface area contributed by atoms with Crippen molar-refractivity contribution in [3.8, 4) is 0 Å². The summed E-state index contributed by atoms with van der Waals surface area (Å²) in [5.74, 6) is 0. The molecule has 2 aromatic carbocycles. The van der Waals surface area contributed by atoms with E-state index in [1.54, 1.807) is 34.1 Å². The number of rotatable bonds is 4. The largest absolute Gasteiger partial charge is 0.444 e. The van der Waals surface area contributed by atoms with E-state index >= 15 is 0 Å². The van der Waals surface area contributed by atoms with E-state index in [1.807, 2.05) is 53.7 Å². The molecule has 252 valence electrons. The van der Waals surface area contributed by atoms with Gasteiger partial charge in [0.15, 0.2) is 0 Å². The van der Waals surface area contributed by atoms with Crippen LogP contribution in [0.15, 0.2) is 48.5 Å². The summed E-state index contributed by atoms with van der Waals surface area (Å²) in [7, 11) is 0. The van der Waals surface area contributed by atoms with Crippen molar-refractivity contribution in [1.82, 2.24) is 9.80 Å². The topological polar surface area (TPSA) is 84.9 Å². The molecule has 0 bridgehead atoms. The first-order valence-corrected chi connectivity index (χ1v) is 15.6. The first-order chi connectivity index (χ1) is 22.0. The van der Waals surface area contributed by atoms with Crippen molar-refractivity contribution in [1.29, 1.82) is 0 Å². The predicted octanol–water partition coefficient (Wildman–Crippen LogP) is 8.41. The van der Waals surface area contributed by atoms with E-state index in [9.17, 15) is 23.2 Å². The van der Waals surface area contributed by atoms with Gasteiger partial charge in [-0.05, 0) is 41.5 Å². The molecule has 2 aromatic rings. The average Bonchev–Trinajstić information content (AvgIpc) is 3.03. The van der Waals surface area contributed by atoms with Gasteiger partial charge in [0.1, 0.15) is 17.5 Å². The third-order valence-electron chi connectivity index (χ3n) is 8.20. The first-order valence-electron chi connectivity index (χ1n) is 15.6. The van der Waals surface area contributed by atoms with Gasteiger partial charge in [-0.25, -0.2) is 31.5 Å². The number of amides is 2. The highest BCUT2D eigenvalue weighted by atomic mass is 19.3. The SMILES string of the molecule is [C-]#[N+]C1(c2ccc(C(F)F)cc2)CCN(C(=O)OC(C)(C)C)CC1.[C-]#[N+]C1(c2ccc(C=O)cc2)CCN(C(=O)OC(C)(C)C)CC1. The highest BCUT2D eigenvalue weighted by Gasteiger charge is 2.45. The van der Waals surface area contributed by atoms with Gasteiger partial charge in [0.05, 0.1) is 0 Å². The fourth-order valence-corrected chi connectivity index (χ4v) is 5.51. The Morgan fingerprint density at radius 2 is 1.06 bits per heavy atom. The van der Waals surface area contributed by atoms with Crippen LogP contribution in [0.5, 0.6) is 0 Å². The number of nitrogens with zero attached hydrogens (tertiary/aromatic N) is 4. The quantitative estimate of drug-likeness (QED) is 0.245. The minimum absolute atomic E-state index is 0.0509. The molecule has 2 aliphatic heterocycles. The van der Waals surface area contributed by atoms with Crippen molar-refractivity contribution in [2.24, 2.45) is 0 Å². The Kier molecular flexibility index (Phi) is 11.7. The smallest absolute Gasteiger partial charge is 0.410 e. The maximum Gasteiger partial charge on any atom is 0.410 e. The summed E-state index contributed by atoms with van der Waals surface area (Å²) in [5, 5.41) is 0. The molecule has 2 saturated heterocycles. The molecule has 0 aliphatic carbocycles. The number of piperidine rings is 2. The van der Waals surface area contributed by atoms with Crippen molar-refractivity contribution in [3.05, 3.63) is 93.6 Å². The van der Waals surface area contributed by atoms with Crippen LogP contribution < -0.4 is 0 Å². The number of hydrogen-bond acceptors (Lipinski definition) is 5. The van der Waals surface area contributed by atoms with E-state index in [-0.39, 0.29) is 17.7 Å². The standard InChI is InChI=1S/C18H22F2N2O2.C18H22N2O3/c1-17(2,3)24-16(23)22-11-9-18(21-4,10-12-22)14-7-5-13(6-8-14)15(19)20;1-17(2,3)23-16(22)20-11-9-18(19-4,10-12-20)15-7-5-14(13-21)6-8-15/h5-8,15H,9-12H2,1-3H3;5-8,13H,9-12H2,1-3H3. The summed E-state index contributed by atoms with van der Waals surface area (Å²) in [4.78, 5) is 45.9. The van der Waals surface area contributed by atoms with Gasteiger partial charge in [-0.2, -0.15) is 0 Å². The first kappa shape index (κ1) is 37.0. The van der Waals surface area contributed by atoms with E-state index in [4.69, 9.17) is 22.6 Å². The number of benzene rings is 2. The summed E-state index contributed by atoms with van der Waals surface area (Å²) < 4.78 is 36.1. The second-order valence-electron chi connectivity index (χ2n) is 13.9. The molecular weight excluding hydrogens is 606 g/mol. The second-order valence-corrected chi connectivity index (χ2v) is 13.9. The van der Waals surface area contributed by atoms with Crippen molar-refractivity contribution >= 4 is 18.5 Å². The fourth-order valence-electron chi connectivity index (χ4n) is 5.51. The number of ether oxygens (including phenoxy) is 2. The molecule has 4 rings (SSSR count). The summed E-state index contributed by atoms with van der Waals surface area (Å²) in [6, 6.07) is 13.1. The van der Waals surface area contributed by atoms with Gasteiger partial charge in [-0.15, -0.1) is 0 Å². The lowest BCUT2D eigenvalue weighted by Gasteiger charge is -2.35. The number of carbonyl (C=O) groups excluding carboxylic acids is 3. The number of likely N-dealkylation sites (tertiary alicyclic amines) is 2. The van der Waals surface area contributed by atoms with E-state index in [0.29, 0.717) is 57.4 Å². The van der Waals surface area contributed by atoms with Crippen molar-refractivity contribution in [3.63, 3.8) is 0 Å². The van der Waals surface area contributed by atoms with E-state index in [0.717, 1.165) is 17.4 Å². The minimum atomic E-state index is -2.52. The maximum atomic E-state index is 12.7. The number of carbonyl (C=O) groups is 3. The highest BCUT2D eigenvalue weighted by molar-refractivity contribution is 5.74. The number of hydrogen-bond donors (Lipinski definition) is 0. The highest BCUT2D eigenvalue weighted by Crippen LogP contribution is 2.39. The van der Waals surface area contributed by atoms with Crippen LogP contribution in [0.2, 0.25) is 0 Å². The van der Waals surface area contributed by atoms with Gasteiger partial charge in [-0.1, -0.05) is 48.5 Å². The monoisotopic (exact) mass is 650 g/mol. The van der Waals surface area contributed by atoms with Crippen LogP contribution in [0.1, 0.15) is 101 Å². The zero-order chi connectivity index (χ0) is 35.0. The third kappa shape index (κ3) is 9.74. The Labute approximate surface area is 276 Å². The summed E-state index contributed by atoms with van der Waals surface area (Å²) >= 11 is 0. The lowest BCUT2D eigenvalue weighted by atomic mass is 9.81. The molecule has 0 saturated carbocycles. The fraction of sp³-hybridized carbons (Fsp3) is 0.528. The molecule has 2 fully saturated rings. The lowest BCUT2D eigenvalue weighted by molar-refractivity contribution is 0.0171. The molecule has 2 aliphatic rings. The normalized spacial score (nSPS) is 17.3. The summed E-state index contributed by atoms with van der Waals surface area (Å²) in [5.41, 5.74) is -0.288. The van der Waals surface area contributed by atoms with Gasteiger partial charge < -0.3 is 29.0 Å². The number of alkyl halides is 2. The van der Waals surface area contributed by atoms with Crippen LogP contribution >= 0.6 is 0 Å². The van der Waals surface area contributed by atoms with E-state index in [1.165, 1.54) is 12.1 Å². The Morgan fingerprint density at radius 3 is 1.34 bits per heavy atom. The summed E-state index contributed by atoms with van der Waals surface area (Å²) in [6.07, 6.45) is -0.377. The Morgan fingerprint density at radius 1 is 0.723 bits per heavy atom. The zero-order valence-electron chi connectivity index (χ0n) is 28.0. The van der Waals surface area contributed by atoms with Crippen LogP contribution in [-0.2, 0) is 20.6 Å². The summed E-state index contributed by atoms with van der Waals surface area (Å²) in [6.45, 7) is 28.0. The Hall–Kier alpha value is -4.51. The molecule has 0 aromatic heterocycles. The zero-order valence-corrected chi connectivity index (χ0v) is 28.0. The van der Waals surface area contributed by atoms with Gasteiger partial charge >= 0.3 is 12.2 Å². The van der Waals surface area contributed by atoms with Crippen LogP contribution in [0.4, 0.5) is 18.4 Å². The Bertz CT molecular complexity index is 1470. The molecule has 11 heteroatoms. The molecule has 2 heterocycles. The van der Waals surface area contributed by atoms with Gasteiger partial charge in [0.25, 0.3) is 17.5 Å². The molecule has 0 spiro atoms. The average molecular weight is 651 g/mol. The van der Waals surface area contributed by atoms with Crippen molar-refractivity contribution < 1.29 is 32.6 Å². The van der Waals surface area contributed by atoms with Crippen LogP contribution in [0.3, 0.4) is 0 Å². The Balaban J connectivity index is 0.000000256. The molecule has 0 N–H and O–H groups in total. The minimum Gasteiger partial charge on any atom is -0.444 e. The molecule has 47 heavy (non-hydrogen) atoms. The third-order valence-corrected chi connectivity index (χ3v) is 8.20. The molecule has 2 amide bonds.